The van der Waals surface area contributed by atoms with Crippen molar-refractivity contribution >= 4 is 29.3 Å². The summed E-state index contributed by atoms with van der Waals surface area (Å²) in [5.41, 5.74) is 1.83. The van der Waals surface area contributed by atoms with Crippen molar-refractivity contribution in [3.8, 4) is 0 Å². The molecule has 1 aliphatic heterocycles. The summed E-state index contributed by atoms with van der Waals surface area (Å²) in [6.07, 6.45) is 0.504. The van der Waals surface area contributed by atoms with Gasteiger partial charge in [0.25, 0.3) is 0 Å². The molecule has 0 fully saturated rings. The van der Waals surface area contributed by atoms with Gasteiger partial charge in [-0.2, -0.15) is 0 Å². The number of hydrogen-bond acceptors (Lipinski definition) is 3. The van der Waals surface area contributed by atoms with Crippen LogP contribution in [-0.4, -0.2) is 17.6 Å². The average molecular weight is 292 g/mol. The van der Waals surface area contributed by atoms with E-state index in [-0.39, 0.29) is 17.2 Å². The molecule has 0 aromatic heterocycles. The Morgan fingerprint density at radius 2 is 2.15 bits per heavy atom. The third-order valence-corrected chi connectivity index (χ3v) is 3.93. The van der Waals surface area contributed by atoms with E-state index in [9.17, 15) is 9.59 Å². The molecule has 4 nitrogen and oxygen atoms in total. The minimum atomic E-state index is -0.00937. The lowest BCUT2D eigenvalue weighted by Gasteiger charge is -2.19. The van der Waals surface area contributed by atoms with Gasteiger partial charge in [-0.3, -0.25) is 9.59 Å². The smallest absolute Gasteiger partial charge is 0.234 e. The van der Waals surface area contributed by atoms with Crippen molar-refractivity contribution < 1.29 is 9.59 Å². The summed E-state index contributed by atoms with van der Waals surface area (Å²) in [5, 5.41) is 5.77. The van der Waals surface area contributed by atoms with E-state index in [1.165, 1.54) is 11.8 Å². The van der Waals surface area contributed by atoms with Crippen molar-refractivity contribution in [3.63, 3.8) is 0 Å². The van der Waals surface area contributed by atoms with E-state index < -0.39 is 0 Å². The summed E-state index contributed by atoms with van der Waals surface area (Å²) >= 11 is 1.54. The molecule has 1 heterocycles. The van der Waals surface area contributed by atoms with E-state index in [4.69, 9.17) is 0 Å². The Labute approximate surface area is 123 Å². The number of amides is 2. The maximum atomic E-state index is 11.8. The number of anilines is 1. The van der Waals surface area contributed by atoms with Gasteiger partial charge in [0.15, 0.2) is 0 Å². The highest BCUT2D eigenvalue weighted by atomic mass is 32.2. The predicted octanol–water partition coefficient (Wildman–Crippen LogP) is 2.78. The zero-order chi connectivity index (χ0) is 14.8. The van der Waals surface area contributed by atoms with Crippen molar-refractivity contribution in [1.29, 1.82) is 0 Å². The molecule has 0 unspecified atom stereocenters. The number of benzene rings is 1. The van der Waals surface area contributed by atoms with E-state index in [0.29, 0.717) is 18.7 Å². The quantitative estimate of drug-likeness (QED) is 0.900. The largest absolute Gasteiger partial charge is 0.352 e. The maximum absolute atomic E-state index is 11.8. The molecule has 0 atom stereocenters. The minimum absolute atomic E-state index is 0.00937. The molecule has 108 valence electrons. The highest BCUT2D eigenvalue weighted by molar-refractivity contribution is 8.00. The van der Waals surface area contributed by atoms with Gasteiger partial charge < -0.3 is 10.6 Å². The first kappa shape index (κ1) is 14.9. The summed E-state index contributed by atoms with van der Waals surface area (Å²) in [4.78, 5) is 24.2. The van der Waals surface area contributed by atoms with Crippen molar-refractivity contribution in [1.82, 2.24) is 5.32 Å². The van der Waals surface area contributed by atoms with Crippen LogP contribution >= 0.6 is 11.8 Å². The van der Waals surface area contributed by atoms with Crippen molar-refractivity contribution in [2.75, 3.05) is 11.1 Å². The van der Waals surface area contributed by atoms with Gasteiger partial charge in [-0.25, -0.2) is 0 Å². The van der Waals surface area contributed by atoms with Crippen LogP contribution in [0.25, 0.3) is 0 Å². The number of hydrogen-bond donors (Lipinski definition) is 2. The van der Waals surface area contributed by atoms with Crippen LogP contribution in [0, 0.1) is 5.41 Å². The van der Waals surface area contributed by atoms with Crippen LogP contribution in [-0.2, 0) is 16.1 Å². The minimum Gasteiger partial charge on any atom is -0.352 e. The monoisotopic (exact) mass is 292 g/mol. The molecular formula is C15H20N2O2S. The first-order valence-corrected chi connectivity index (χ1v) is 7.64. The highest BCUT2D eigenvalue weighted by Crippen LogP contribution is 2.31. The Hall–Kier alpha value is -1.49. The van der Waals surface area contributed by atoms with Gasteiger partial charge in [0.05, 0.1) is 11.4 Å². The fraction of sp³-hybridized carbons (Fsp3) is 0.467. The third-order valence-electron chi connectivity index (χ3n) is 2.86. The van der Waals surface area contributed by atoms with E-state index >= 15 is 0 Å². The van der Waals surface area contributed by atoms with Crippen molar-refractivity contribution in [2.45, 2.75) is 38.6 Å². The molecule has 0 bridgehead atoms. The molecular weight excluding hydrogens is 272 g/mol. The number of nitrogens with one attached hydrogen (secondary N) is 2. The van der Waals surface area contributed by atoms with Crippen LogP contribution in [0.4, 0.5) is 5.69 Å². The van der Waals surface area contributed by atoms with Crippen LogP contribution in [0.5, 0.6) is 0 Å². The first-order chi connectivity index (χ1) is 9.33. The molecule has 0 spiro atoms. The Balaban J connectivity index is 1.96. The number of carbonyl (C=O) groups is 2. The predicted molar refractivity (Wildman–Crippen MR) is 81.7 cm³/mol. The fourth-order valence-corrected chi connectivity index (χ4v) is 2.77. The van der Waals surface area contributed by atoms with Gasteiger partial charge in [-0.05, 0) is 23.1 Å². The molecule has 0 saturated heterocycles. The molecule has 5 heteroatoms. The second kappa shape index (κ2) is 5.87. The standard InChI is InChI=1S/C15H20N2O2S/c1-15(2,3)7-13(18)16-8-10-4-5-12-11(6-10)17-14(19)9-20-12/h4-6H,7-9H2,1-3H3,(H,16,18)(H,17,19). The summed E-state index contributed by atoms with van der Waals surface area (Å²) in [6, 6.07) is 5.90. The van der Waals surface area contributed by atoms with Gasteiger partial charge in [0, 0.05) is 17.9 Å². The Bertz CT molecular complexity index is 535. The normalized spacial score (nSPS) is 14.4. The lowest BCUT2D eigenvalue weighted by Crippen LogP contribution is -2.27. The molecule has 0 radical (unpaired) electrons. The average Bonchev–Trinajstić information content (AvgIpc) is 2.33. The highest BCUT2D eigenvalue weighted by Gasteiger charge is 2.17. The maximum Gasteiger partial charge on any atom is 0.234 e. The van der Waals surface area contributed by atoms with Gasteiger partial charge in [-0.1, -0.05) is 26.8 Å². The first-order valence-electron chi connectivity index (χ1n) is 6.66. The molecule has 0 saturated carbocycles. The second-order valence-electron chi connectivity index (χ2n) is 6.18. The zero-order valence-electron chi connectivity index (χ0n) is 12.1. The molecule has 2 N–H and O–H groups in total. The SMILES string of the molecule is CC(C)(C)CC(=O)NCc1ccc2c(c1)NC(=O)CS2. The van der Waals surface area contributed by atoms with Crippen LogP contribution < -0.4 is 10.6 Å². The Morgan fingerprint density at radius 3 is 2.85 bits per heavy atom. The lowest BCUT2D eigenvalue weighted by molar-refractivity contribution is -0.123. The topological polar surface area (TPSA) is 58.2 Å². The molecule has 20 heavy (non-hydrogen) atoms. The fourth-order valence-electron chi connectivity index (χ4n) is 1.99. The number of thioether (sulfide) groups is 1. The van der Waals surface area contributed by atoms with Gasteiger partial charge in [0.2, 0.25) is 11.8 Å². The van der Waals surface area contributed by atoms with Gasteiger partial charge in [-0.15, -0.1) is 11.8 Å². The second-order valence-corrected chi connectivity index (χ2v) is 7.20. The zero-order valence-corrected chi connectivity index (χ0v) is 12.9. The molecule has 1 aromatic rings. The lowest BCUT2D eigenvalue weighted by atomic mass is 9.92. The molecule has 1 aromatic carbocycles. The number of carbonyl (C=O) groups excluding carboxylic acids is 2. The van der Waals surface area contributed by atoms with Gasteiger partial charge >= 0.3 is 0 Å². The van der Waals surface area contributed by atoms with Crippen LogP contribution in [0.3, 0.4) is 0 Å². The molecule has 1 aliphatic rings. The van der Waals surface area contributed by atoms with E-state index in [0.717, 1.165) is 16.1 Å². The Morgan fingerprint density at radius 1 is 1.40 bits per heavy atom. The summed E-state index contributed by atoms with van der Waals surface area (Å²) < 4.78 is 0. The van der Waals surface area contributed by atoms with Crippen LogP contribution in [0.1, 0.15) is 32.8 Å². The van der Waals surface area contributed by atoms with Crippen molar-refractivity contribution in [2.24, 2.45) is 5.41 Å². The van der Waals surface area contributed by atoms with E-state index in [1.807, 2.05) is 39.0 Å². The van der Waals surface area contributed by atoms with Gasteiger partial charge in [0.1, 0.15) is 0 Å². The van der Waals surface area contributed by atoms with Crippen molar-refractivity contribution in [3.05, 3.63) is 23.8 Å². The van der Waals surface area contributed by atoms with Crippen LogP contribution in [0.15, 0.2) is 23.1 Å². The van der Waals surface area contributed by atoms with E-state index in [1.54, 1.807) is 0 Å². The van der Waals surface area contributed by atoms with E-state index in [2.05, 4.69) is 10.6 Å². The molecule has 2 amide bonds. The number of rotatable bonds is 3. The van der Waals surface area contributed by atoms with Crippen LogP contribution in [0.2, 0.25) is 0 Å². The summed E-state index contributed by atoms with van der Waals surface area (Å²) in [6.45, 7) is 6.61. The summed E-state index contributed by atoms with van der Waals surface area (Å²) in [5.74, 6) is 0.541. The number of fused-ring (bicyclic) bond motifs is 1. The molecule has 0 aliphatic carbocycles. The third kappa shape index (κ3) is 4.27. The molecule has 2 rings (SSSR count). The Kier molecular flexibility index (Phi) is 4.38. The summed E-state index contributed by atoms with van der Waals surface area (Å²) in [7, 11) is 0.